The number of ether oxygens (including phenoxy) is 1. The van der Waals surface area contributed by atoms with E-state index < -0.39 is 5.91 Å². The Balaban J connectivity index is 2.37. The zero-order chi connectivity index (χ0) is 15.9. The summed E-state index contributed by atoms with van der Waals surface area (Å²) in [5.41, 5.74) is 6.45. The van der Waals surface area contributed by atoms with Crippen LogP contribution in [-0.2, 0) is 11.3 Å². The van der Waals surface area contributed by atoms with Crippen molar-refractivity contribution in [1.82, 2.24) is 10.2 Å². The number of nitrogens with one attached hydrogen (secondary N) is 1. The molecular formula is C16H27N3O2. The van der Waals surface area contributed by atoms with E-state index in [1.165, 1.54) is 5.56 Å². The van der Waals surface area contributed by atoms with E-state index in [2.05, 4.69) is 38.2 Å². The van der Waals surface area contributed by atoms with Crippen LogP contribution < -0.4 is 15.8 Å². The van der Waals surface area contributed by atoms with Gasteiger partial charge in [-0.05, 0) is 37.2 Å². The molecule has 0 aliphatic carbocycles. The summed E-state index contributed by atoms with van der Waals surface area (Å²) in [6.07, 6.45) is 0. The molecule has 0 aromatic heterocycles. The second-order valence-corrected chi connectivity index (χ2v) is 6.40. The van der Waals surface area contributed by atoms with E-state index in [-0.39, 0.29) is 12.0 Å². The number of primary amides is 1. The molecule has 118 valence electrons. The van der Waals surface area contributed by atoms with Crippen molar-refractivity contribution in [3.8, 4) is 5.75 Å². The lowest BCUT2D eigenvalue weighted by atomic mass is 9.93. The molecule has 0 bridgehead atoms. The third-order valence-corrected chi connectivity index (χ3v) is 2.98. The Bertz CT molecular complexity index is 441. The Kier molecular flexibility index (Phi) is 6.65. The SMILES string of the molecule is CN(C)CC(C)(C)CNCc1ccc(OCC(N)=O)cc1. The van der Waals surface area contributed by atoms with Crippen LogP contribution in [-0.4, -0.2) is 44.6 Å². The van der Waals surface area contributed by atoms with Crippen molar-refractivity contribution in [2.45, 2.75) is 20.4 Å². The van der Waals surface area contributed by atoms with Gasteiger partial charge in [-0.25, -0.2) is 0 Å². The highest BCUT2D eigenvalue weighted by Gasteiger charge is 2.17. The highest BCUT2D eigenvalue weighted by molar-refractivity contribution is 5.75. The van der Waals surface area contributed by atoms with Crippen molar-refractivity contribution in [3.63, 3.8) is 0 Å². The number of benzene rings is 1. The Morgan fingerprint density at radius 2 is 1.90 bits per heavy atom. The molecule has 1 amide bonds. The molecular weight excluding hydrogens is 266 g/mol. The fraction of sp³-hybridized carbons (Fsp3) is 0.562. The molecule has 0 aliphatic heterocycles. The van der Waals surface area contributed by atoms with Crippen molar-refractivity contribution >= 4 is 5.91 Å². The molecule has 0 fully saturated rings. The van der Waals surface area contributed by atoms with E-state index in [1.54, 1.807) is 0 Å². The molecule has 0 atom stereocenters. The second-order valence-electron chi connectivity index (χ2n) is 6.40. The summed E-state index contributed by atoms with van der Waals surface area (Å²) in [5, 5.41) is 3.48. The minimum atomic E-state index is -0.469. The summed E-state index contributed by atoms with van der Waals surface area (Å²) in [7, 11) is 4.18. The van der Waals surface area contributed by atoms with Crippen LogP contribution in [0.25, 0.3) is 0 Å². The van der Waals surface area contributed by atoms with Gasteiger partial charge in [0.25, 0.3) is 5.91 Å². The Morgan fingerprint density at radius 3 is 2.43 bits per heavy atom. The number of rotatable bonds is 9. The van der Waals surface area contributed by atoms with E-state index in [1.807, 2.05) is 24.3 Å². The average Bonchev–Trinajstić information content (AvgIpc) is 2.36. The third kappa shape index (κ3) is 7.68. The van der Waals surface area contributed by atoms with Crippen LogP contribution in [0.1, 0.15) is 19.4 Å². The summed E-state index contributed by atoms with van der Waals surface area (Å²) in [4.78, 5) is 12.8. The monoisotopic (exact) mass is 293 g/mol. The van der Waals surface area contributed by atoms with Gasteiger partial charge in [0.15, 0.2) is 6.61 Å². The van der Waals surface area contributed by atoms with Gasteiger partial charge in [-0.1, -0.05) is 26.0 Å². The van der Waals surface area contributed by atoms with Crippen LogP contribution in [0, 0.1) is 5.41 Å². The molecule has 0 heterocycles. The molecule has 0 saturated carbocycles. The van der Waals surface area contributed by atoms with Crippen LogP contribution in [0.4, 0.5) is 0 Å². The largest absolute Gasteiger partial charge is 0.484 e. The molecule has 5 heteroatoms. The van der Waals surface area contributed by atoms with Crippen molar-refractivity contribution in [2.75, 3.05) is 33.8 Å². The number of carbonyl (C=O) groups excluding carboxylic acids is 1. The molecule has 5 nitrogen and oxygen atoms in total. The van der Waals surface area contributed by atoms with Gasteiger partial charge in [-0.3, -0.25) is 4.79 Å². The van der Waals surface area contributed by atoms with E-state index in [0.29, 0.717) is 5.75 Å². The van der Waals surface area contributed by atoms with Gasteiger partial charge in [0.1, 0.15) is 5.75 Å². The summed E-state index contributed by atoms with van der Waals surface area (Å²) < 4.78 is 5.22. The Labute approximate surface area is 127 Å². The van der Waals surface area contributed by atoms with Crippen molar-refractivity contribution in [3.05, 3.63) is 29.8 Å². The van der Waals surface area contributed by atoms with Crippen LogP contribution in [0.5, 0.6) is 5.75 Å². The first-order valence-electron chi connectivity index (χ1n) is 7.14. The molecule has 0 radical (unpaired) electrons. The normalized spacial score (nSPS) is 11.7. The average molecular weight is 293 g/mol. The standard InChI is InChI=1S/C16H27N3O2/c1-16(2,12-19(3)4)11-18-9-13-5-7-14(8-6-13)21-10-15(17)20/h5-8,18H,9-12H2,1-4H3,(H2,17,20). The van der Waals surface area contributed by atoms with Crippen molar-refractivity contribution in [1.29, 1.82) is 0 Å². The minimum Gasteiger partial charge on any atom is -0.484 e. The van der Waals surface area contributed by atoms with Gasteiger partial charge in [0, 0.05) is 19.6 Å². The number of amides is 1. The molecule has 0 aliphatic rings. The molecule has 1 aromatic rings. The second kappa shape index (κ2) is 8.00. The number of carbonyl (C=O) groups is 1. The first kappa shape index (κ1) is 17.5. The molecule has 0 saturated heterocycles. The first-order valence-corrected chi connectivity index (χ1v) is 7.14. The third-order valence-electron chi connectivity index (χ3n) is 2.98. The van der Waals surface area contributed by atoms with Crippen LogP contribution in [0.3, 0.4) is 0 Å². The smallest absolute Gasteiger partial charge is 0.255 e. The van der Waals surface area contributed by atoms with E-state index in [4.69, 9.17) is 10.5 Å². The van der Waals surface area contributed by atoms with E-state index >= 15 is 0 Å². The van der Waals surface area contributed by atoms with E-state index in [0.717, 1.165) is 19.6 Å². The molecule has 21 heavy (non-hydrogen) atoms. The van der Waals surface area contributed by atoms with Crippen LogP contribution in [0.15, 0.2) is 24.3 Å². The predicted molar refractivity (Wildman–Crippen MR) is 85.2 cm³/mol. The summed E-state index contributed by atoms with van der Waals surface area (Å²) in [5.74, 6) is 0.189. The summed E-state index contributed by atoms with van der Waals surface area (Å²) >= 11 is 0. The minimum absolute atomic E-state index is 0.0870. The maximum absolute atomic E-state index is 10.6. The van der Waals surface area contributed by atoms with Crippen LogP contribution in [0.2, 0.25) is 0 Å². The molecule has 1 rings (SSSR count). The molecule has 0 spiro atoms. The lowest BCUT2D eigenvalue weighted by Crippen LogP contribution is -2.37. The zero-order valence-electron chi connectivity index (χ0n) is 13.5. The van der Waals surface area contributed by atoms with E-state index in [9.17, 15) is 4.79 Å². The number of nitrogens with zero attached hydrogens (tertiary/aromatic N) is 1. The number of hydrogen-bond donors (Lipinski definition) is 2. The van der Waals surface area contributed by atoms with Gasteiger partial charge < -0.3 is 20.7 Å². The number of nitrogens with two attached hydrogens (primary N) is 1. The first-order chi connectivity index (χ1) is 9.78. The van der Waals surface area contributed by atoms with Gasteiger partial charge in [0.2, 0.25) is 0 Å². The van der Waals surface area contributed by atoms with Gasteiger partial charge in [0.05, 0.1) is 0 Å². The molecule has 1 aromatic carbocycles. The maximum atomic E-state index is 10.6. The zero-order valence-corrected chi connectivity index (χ0v) is 13.5. The fourth-order valence-electron chi connectivity index (χ4n) is 2.32. The molecule has 3 N–H and O–H groups in total. The molecule has 0 unspecified atom stereocenters. The lowest BCUT2D eigenvalue weighted by molar-refractivity contribution is -0.119. The predicted octanol–water partition coefficient (Wildman–Crippen LogP) is 1.23. The van der Waals surface area contributed by atoms with Crippen molar-refractivity contribution in [2.24, 2.45) is 11.1 Å². The quantitative estimate of drug-likeness (QED) is 0.718. The summed E-state index contributed by atoms with van der Waals surface area (Å²) in [6, 6.07) is 7.68. The highest BCUT2D eigenvalue weighted by atomic mass is 16.5. The summed E-state index contributed by atoms with van der Waals surface area (Å²) in [6.45, 7) is 7.22. The highest BCUT2D eigenvalue weighted by Crippen LogP contribution is 2.15. The number of hydrogen-bond acceptors (Lipinski definition) is 4. The lowest BCUT2D eigenvalue weighted by Gasteiger charge is -2.28. The fourth-order valence-corrected chi connectivity index (χ4v) is 2.32. The maximum Gasteiger partial charge on any atom is 0.255 e. The van der Waals surface area contributed by atoms with Gasteiger partial charge >= 0.3 is 0 Å². The Hall–Kier alpha value is -1.59. The van der Waals surface area contributed by atoms with Crippen LogP contribution >= 0.6 is 0 Å². The Morgan fingerprint density at radius 1 is 1.29 bits per heavy atom. The van der Waals surface area contributed by atoms with Gasteiger partial charge in [-0.2, -0.15) is 0 Å². The van der Waals surface area contributed by atoms with Gasteiger partial charge in [-0.15, -0.1) is 0 Å². The topological polar surface area (TPSA) is 67.6 Å². The van der Waals surface area contributed by atoms with Crippen molar-refractivity contribution < 1.29 is 9.53 Å².